The van der Waals surface area contributed by atoms with Crippen molar-refractivity contribution in [2.75, 3.05) is 0 Å². The summed E-state index contributed by atoms with van der Waals surface area (Å²) in [7, 11) is 1.92. The van der Waals surface area contributed by atoms with Gasteiger partial charge in [-0.05, 0) is 32.1 Å². The zero-order valence-corrected chi connectivity index (χ0v) is 12.6. The summed E-state index contributed by atoms with van der Waals surface area (Å²) in [6.45, 7) is 0. The standard InChI is InChI=1S/C16H19N5O/c1-21-8-12-13(3-2-4-14(12)20-21)19-16(22)11-7-17-9-18-15(11)10-5-6-10/h7-10,13H,2-6H2,1H3,(H,19,22). The average Bonchev–Trinajstić information content (AvgIpc) is 3.29. The highest BCUT2D eigenvalue weighted by molar-refractivity contribution is 5.95. The maximum absolute atomic E-state index is 12.7. The molecule has 1 N–H and O–H groups in total. The Bertz CT molecular complexity index is 719. The van der Waals surface area contributed by atoms with Crippen LogP contribution >= 0.6 is 0 Å². The molecule has 1 fully saturated rings. The van der Waals surface area contributed by atoms with Crippen LogP contribution in [0, 0.1) is 0 Å². The largest absolute Gasteiger partial charge is 0.345 e. The van der Waals surface area contributed by atoms with Gasteiger partial charge in [-0.25, -0.2) is 9.97 Å². The average molecular weight is 297 g/mol. The van der Waals surface area contributed by atoms with E-state index >= 15 is 0 Å². The normalized spacial score (nSPS) is 20.5. The van der Waals surface area contributed by atoms with E-state index in [0.717, 1.165) is 49.1 Å². The number of nitrogens with one attached hydrogen (secondary N) is 1. The summed E-state index contributed by atoms with van der Waals surface area (Å²) in [6, 6.07) is 0.0391. The van der Waals surface area contributed by atoms with Gasteiger partial charge in [0, 0.05) is 30.9 Å². The molecule has 6 heteroatoms. The molecule has 22 heavy (non-hydrogen) atoms. The van der Waals surface area contributed by atoms with Gasteiger partial charge in [-0.2, -0.15) is 5.10 Å². The number of hydrogen-bond acceptors (Lipinski definition) is 4. The van der Waals surface area contributed by atoms with Crippen LogP contribution in [0.2, 0.25) is 0 Å². The van der Waals surface area contributed by atoms with E-state index in [9.17, 15) is 4.79 Å². The van der Waals surface area contributed by atoms with Crippen LogP contribution in [0.15, 0.2) is 18.7 Å². The molecule has 0 aliphatic heterocycles. The van der Waals surface area contributed by atoms with Gasteiger partial charge in [0.1, 0.15) is 6.33 Å². The van der Waals surface area contributed by atoms with Crippen LogP contribution in [0.25, 0.3) is 0 Å². The monoisotopic (exact) mass is 297 g/mol. The van der Waals surface area contributed by atoms with Crippen molar-refractivity contribution >= 4 is 5.91 Å². The van der Waals surface area contributed by atoms with E-state index in [1.807, 2.05) is 17.9 Å². The molecule has 0 spiro atoms. The molecule has 2 aliphatic rings. The van der Waals surface area contributed by atoms with Crippen molar-refractivity contribution in [3.8, 4) is 0 Å². The van der Waals surface area contributed by atoms with Crippen LogP contribution in [0.3, 0.4) is 0 Å². The third kappa shape index (κ3) is 2.38. The quantitative estimate of drug-likeness (QED) is 0.939. The van der Waals surface area contributed by atoms with Crippen LogP contribution in [0.5, 0.6) is 0 Å². The summed E-state index contributed by atoms with van der Waals surface area (Å²) in [5, 5.41) is 7.63. The van der Waals surface area contributed by atoms with E-state index in [2.05, 4.69) is 20.4 Å². The summed E-state index contributed by atoms with van der Waals surface area (Å²) in [5.74, 6) is 0.369. The van der Waals surface area contributed by atoms with Crippen molar-refractivity contribution in [3.63, 3.8) is 0 Å². The second-order valence-corrected chi connectivity index (χ2v) is 6.22. The minimum Gasteiger partial charge on any atom is -0.345 e. The minimum atomic E-state index is -0.0656. The van der Waals surface area contributed by atoms with Gasteiger partial charge in [0.2, 0.25) is 0 Å². The highest BCUT2D eigenvalue weighted by Crippen LogP contribution is 2.40. The lowest BCUT2D eigenvalue weighted by Gasteiger charge is -2.23. The first kappa shape index (κ1) is 13.4. The number of aromatic nitrogens is 4. The molecule has 6 nitrogen and oxygen atoms in total. The van der Waals surface area contributed by atoms with Crippen LogP contribution in [0.1, 0.15) is 65.0 Å². The first-order valence-corrected chi connectivity index (χ1v) is 7.85. The van der Waals surface area contributed by atoms with Crippen LogP contribution < -0.4 is 5.32 Å². The molecule has 0 radical (unpaired) electrons. The number of aryl methyl sites for hydroxylation is 2. The molecule has 1 amide bonds. The lowest BCUT2D eigenvalue weighted by molar-refractivity contribution is 0.0931. The summed E-state index contributed by atoms with van der Waals surface area (Å²) in [4.78, 5) is 21.0. The van der Waals surface area contributed by atoms with E-state index in [1.54, 1.807) is 6.20 Å². The molecule has 4 rings (SSSR count). The Morgan fingerprint density at radius 3 is 3.05 bits per heavy atom. The molecule has 1 atom stereocenters. The highest BCUT2D eigenvalue weighted by Gasteiger charge is 2.31. The van der Waals surface area contributed by atoms with Gasteiger partial charge in [-0.15, -0.1) is 0 Å². The summed E-state index contributed by atoms with van der Waals surface area (Å²) in [5.41, 5.74) is 3.77. The number of hydrogen-bond donors (Lipinski definition) is 1. The predicted octanol–water partition coefficient (Wildman–Crippen LogP) is 1.89. The molecule has 2 aromatic heterocycles. The summed E-state index contributed by atoms with van der Waals surface area (Å²) < 4.78 is 1.83. The number of carbonyl (C=O) groups is 1. The van der Waals surface area contributed by atoms with Crippen molar-refractivity contribution < 1.29 is 4.79 Å². The van der Waals surface area contributed by atoms with Gasteiger partial charge in [0.25, 0.3) is 5.91 Å². The first-order valence-electron chi connectivity index (χ1n) is 7.85. The fraction of sp³-hybridized carbons (Fsp3) is 0.500. The van der Waals surface area contributed by atoms with E-state index in [0.29, 0.717) is 11.5 Å². The second kappa shape index (κ2) is 5.19. The lowest BCUT2D eigenvalue weighted by atomic mass is 9.93. The van der Waals surface area contributed by atoms with Gasteiger partial charge in [0.15, 0.2) is 0 Å². The molecule has 1 saturated carbocycles. The number of amides is 1. The number of nitrogens with zero attached hydrogens (tertiary/aromatic N) is 4. The molecule has 1 unspecified atom stereocenters. The molecule has 0 saturated heterocycles. The maximum Gasteiger partial charge on any atom is 0.255 e. The van der Waals surface area contributed by atoms with E-state index in [-0.39, 0.29) is 11.9 Å². The molecular weight excluding hydrogens is 278 g/mol. The number of carbonyl (C=O) groups excluding carboxylic acids is 1. The number of fused-ring (bicyclic) bond motifs is 1. The number of rotatable bonds is 3. The smallest absolute Gasteiger partial charge is 0.255 e. The van der Waals surface area contributed by atoms with E-state index < -0.39 is 0 Å². The Kier molecular flexibility index (Phi) is 3.17. The van der Waals surface area contributed by atoms with Gasteiger partial charge in [-0.1, -0.05) is 0 Å². The molecule has 114 valence electrons. The van der Waals surface area contributed by atoms with Crippen molar-refractivity contribution in [1.29, 1.82) is 0 Å². The van der Waals surface area contributed by atoms with Crippen molar-refractivity contribution in [1.82, 2.24) is 25.1 Å². The molecule has 0 bridgehead atoms. The van der Waals surface area contributed by atoms with Crippen molar-refractivity contribution in [2.45, 2.75) is 44.1 Å². The Morgan fingerprint density at radius 1 is 1.36 bits per heavy atom. The predicted molar refractivity (Wildman–Crippen MR) is 80.4 cm³/mol. The fourth-order valence-corrected chi connectivity index (χ4v) is 3.25. The SMILES string of the molecule is Cn1cc2c(n1)CCCC2NC(=O)c1cncnc1C1CC1. The van der Waals surface area contributed by atoms with Crippen molar-refractivity contribution in [3.05, 3.63) is 41.2 Å². The first-order chi connectivity index (χ1) is 10.7. The second-order valence-electron chi connectivity index (χ2n) is 6.22. The Hall–Kier alpha value is -2.24. The third-order valence-electron chi connectivity index (χ3n) is 4.48. The molecule has 2 aliphatic carbocycles. The Balaban J connectivity index is 1.58. The van der Waals surface area contributed by atoms with Crippen molar-refractivity contribution in [2.24, 2.45) is 7.05 Å². The van der Waals surface area contributed by atoms with E-state index in [1.165, 1.54) is 6.33 Å². The van der Waals surface area contributed by atoms with Gasteiger partial charge < -0.3 is 5.32 Å². The van der Waals surface area contributed by atoms with E-state index in [4.69, 9.17) is 0 Å². The Labute approximate surface area is 129 Å². The lowest BCUT2D eigenvalue weighted by Crippen LogP contribution is -2.31. The van der Waals surface area contributed by atoms with Gasteiger partial charge >= 0.3 is 0 Å². The molecular formula is C16H19N5O. The maximum atomic E-state index is 12.7. The molecule has 0 aromatic carbocycles. The molecule has 2 heterocycles. The zero-order valence-electron chi connectivity index (χ0n) is 12.6. The van der Waals surface area contributed by atoms with Crippen LogP contribution in [0.4, 0.5) is 0 Å². The zero-order chi connectivity index (χ0) is 15.1. The Morgan fingerprint density at radius 2 is 2.23 bits per heavy atom. The molecule has 2 aromatic rings. The third-order valence-corrected chi connectivity index (χ3v) is 4.48. The van der Waals surface area contributed by atoms with Crippen LogP contribution in [-0.4, -0.2) is 25.7 Å². The summed E-state index contributed by atoms with van der Waals surface area (Å²) >= 11 is 0. The highest BCUT2D eigenvalue weighted by atomic mass is 16.1. The van der Waals surface area contributed by atoms with Crippen LogP contribution in [-0.2, 0) is 13.5 Å². The topological polar surface area (TPSA) is 72.7 Å². The van der Waals surface area contributed by atoms with Gasteiger partial charge in [-0.3, -0.25) is 9.48 Å². The fourth-order valence-electron chi connectivity index (χ4n) is 3.25. The summed E-state index contributed by atoms with van der Waals surface area (Å²) in [6.07, 6.45) is 10.4. The van der Waals surface area contributed by atoms with Gasteiger partial charge in [0.05, 0.1) is 23.0 Å². The minimum absolute atomic E-state index is 0.0391.